The van der Waals surface area contributed by atoms with Gasteiger partial charge in [0.2, 0.25) is 0 Å². The first-order chi connectivity index (χ1) is 8.18. The lowest BCUT2D eigenvalue weighted by molar-refractivity contribution is -0.144. The Labute approximate surface area is 110 Å². The van der Waals surface area contributed by atoms with Crippen LogP contribution in [0.2, 0.25) is 0 Å². The molecular formula is C13H16BrNO2. The Morgan fingerprint density at radius 1 is 1.18 bits per heavy atom. The first-order valence-electron chi connectivity index (χ1n) is 5.91. The largest absolute Gasteiger partial charge is 0.480 e. The Morgan fingerprint density at radius 2 is 1.76 bits per heavy atom. The highest BCUT2D eigenvalue weighted by Gasteiger charge is 2.28. The minimum Gasteiger partial charge on any atom is -0.480 e. The van der Waals surface area contributed by atoms with Crippen molar-refractivity contribution in [3.05, 3.63) is 34.3 Å². The second-order valence-electron chi connectivity index (χ2n) is 4.39. The lowest BCUT2D eigenvalue weighted by Crippen LogP contribution is -2.37. The second-order valence-corrected chi connectivity index (χ2v) is 5.30. The smallest absolute Gasteiger partial charge is 0.325 e. The van der Waals surface area contributed by atoms with Gasteiger partial charge in [-0.2, -0.15) is 0 Å². The van der Waals surface area contributed by atoms with Crippen molar-refractivity contribution >= 4 is 21.9 Å². The molecule has 4 heteroatoms. The molecule has 3 nitrogen and oxygen atoms in total. The molecule has 0 radical (unpaired) electrons. The number of hydrogen-bond donors (Lipinski definition) is 1. The zero-order valence-electron chi connectivity index (χ0n) is 9.60. The zero-order chi connectivity index (χ0) is 12.3. The van der Waals surface area contributed by atoms with E-state index in [2.05, 4.69) is 20.8 Å². The molecule has 92 valence electrons. The number of likely N-dealkylation sites (tertiary alicyclic amines) is 1. The molecule has 1 heterocycles. The molecule has 2 rings (SSSR count). The summed E-state index contributed by atoms with van der Waals surface area (Å²) in [5, 5.41) is 9.39. The van der Waals surface area contributed by atoms with E-state index in [-0.39, 0.29) is 0 Å². The molecule has 0 amide bonds. The highest BCUT2D eigenvalue weighted by atomic mass is 79.9. The maximum Gasteiger partial charge on any atom is 0.325 e. The average molecular weight is 298 g/mol. The van der Waals surface area contributed by atoms with Crippen molar-refractivity contribution in [3.8, 4) is 0 Å². The lowest BCUT2D eigenvalue weighted by Gasteiger charge is -2.32. The first-order valence-corrected chi connectivity index (χ1v) is 6.70. The van der Waals surface area contributed by atoms with Gasteiger partial charge in [-0.15, -0.1) is 0 Å². The van der Waals surface area contributed by atoms with E-state index < -0.39 is 12.0 Å². The lowest BCUT2D eigenvalue weighted by atomic mass is 10.0. The molecule has 0 bridgehead atoms. The quantitative estimate of drug-likeness (QED) is 0.932. The number of halogens is 1. The van der Waals surface area contributed by atoms with Crippen LogP contribution in [0.15, 0.2) is 28.7 Å². The number of nitrogens with zero attached hydrogens (tertiary/aromatic N) is 1. The van der Waals surface area contributed by atoms with Crippen molar-refractivity contribution in [2.24, 2.45) is 0 Å². The molecule has 0 unspecified atom stereocenters. The zero-order valence-corrected chi connectivity index (χ0v) is 11.2. The molecule has 1 N–H and O–H groups in total. The Bertz CT molecular complexity index is 385. The summed E-state index contributed by atoms with van der Waals surface area (Å²) in [6.45, 7) is 1.76. The predicted octanol–water partition coefficient (Wildman–Crippen LogP) is 3.06. The van der Waals surface area contributed by atoms with Crippen molar-refractivity contribution in [2.45, 2.75) is 25.3 Å². The highest BCUT2D eigenvalue weighted by Crippen LogP contribution is 2.26. The number of hydrogen-bond acceptors (Lipinski definition) is 2. The van der Waals surface area contributed by atoms with E-state index in [1.165, 1.54) is 6.42 Å². The van der Waals surface area contributed by atoms with Crippen molar-refractivity contribution in [1.82, 2.24) is 4.90 Å². The minimum absolute atomic E-state index is 0.497. The molecule has 0 spiro atoms. The number of piperidine rings is 1. The molecular weight excluding hydrogens is 282 g/mol. The molecule has 0 aromatic heterocycles. The van der Waals surface area contributed by atoms with Gasteiger partial charge in [-0.25, -0.2) is 0 Å². The van der Waals surface area contributed by atoms with Crippen LogP contribution >= 0.6 is 15.9 Å². The molecule has 1 atom stereocenters. The summed E-state index contributed by atoms with van der Waals surface area (Å²) in [6, 6.07) is 7.07. The molecule has 1 aliphatic rings. The third-order valence-corrected chi connectivity index (χ3v) is 3.70. The van der Waals surface area contributed by atoms with E-state index in [0.717, 1.165) is 36.0 Å². The molecule has 1 aromatic carbocycles. The van der Waals surface area contributed by atoms with Crippen molar-refractivity contribution in [2.75, 3.05) is 13.1 Å². The van der Waals surface area contributed by atoms with Crippen LogP contribution in [-0.4, -0.2) is 29.1 Å². The fourth-order valence-electron chi connectivity index (χ4n) is 2.33. The van der Waals surface area contributed by atoms with Crippen molar-refractivity contribution in [1.29, 1.82) is 0 Å². The Kier molecular flexibility index (Phi) is 4.18. The Balaban J connectivity index is 2.21. The third-order valence-electron chi connectivity index (χ3n) is 3.18. The molecule has 1 fully saturated rings. The third kappa shape index (κ3) is 3.07. The number of carboxylic acids is 1. The summed E-state index contributed by atoms with van der Waals surface area (Å²) in [6.07, 6.45) is 3.41. The summed E-state index contributed by atoms with van der Waals surface area (Å²) < 4.78 is 0.976. The summed E-state index contributed by atoms with van der Waals surface area (Å²) in [5.41, 5.74) is 0.864. The molecule has 1 aliphatic heterocycles. The number of carboxylic acid groups (broad SMARTS) is 1. The minimum atomic E-state index is -0.755. The van der Waals surface area contributed by atoms with Crippen LogP contribution in [0.5, 0.6) is 0 Å². The van der Waals surface area contributed by atoms with Gasteiger partial charge in [0.05, 0.1) is 0 Å². The molecule has 1 aromatic rings. The number of benzene rings is 1. The van der Waals surface area contributed by atoms with E-state index in [4.69, 9.17) is 0 Å². The van der Waals surface area contributed by atoms with Crippen LogP contribution in [0.25, 0.3) is 0 Å². The van der Waals surface area contributed by atoms with Crippen LogP contribution in [0.3, 0.4) is 0 Å². The highest BCUT2D eigenvalue weighted by molar-refractivity contribution is 9.10. The summed E-state index contributed by atoms with van der Waals surface area (Å²) in [5.74, 6) is -0.755. The van der Waals surface area contributed by atoms with Gasteiger partial charge < -0.3 is 5.11 Å². The van der Waals surface area contributed by atoms with Gasteiger partial charge in [0.25, 0.3) is 0 Å². The number of aliphatic carboxylic acids is 1. The normalized spacial score (nSPS) is 18.9. The standard InChI is InChI=1S/C13H16BrNO2/c14-11-6-4-10(5-7-11)12(13(16)17)15-8-2-1-3-9-15/h4-7,12H,1-3,8-9H2,(H,16,17)/t12-/m1/s1. The van der Waals surface area contributed by atoms with Crippen LogP contribution in [0, 0.1) is 0 Å². The van der Waals surface area contributed by atoms with E-state index in [1.54, 1.807) is 0 Å². The van der Waals surface area contributed by atoms with Gasteiger partial charge in [-0.3, -0.25) is 9.69 Å². The topological polar surface area (TPSA) is 40.5 Å². The molecule has 17 heavy (non-hydrogen) atoms. The summed E-state index contributed by atoms with van der Waals surface area (Å²) in [7, 11) is 0. The van der Waals surface area contributed by atoms with Crippen LogP contribution < -0.4 is 0 Å². The van der Waals surface area contributed by atoms with E-state index in [0.29, 0.717) is 0 Å². The van der Waals surface area contributed by atoms with Gasteiger partial charge in [0.1, 0.15) is 6.04 Å². The molecule has 0 saturated carbocycles. The Morgan fingerprint density at radius 3 is 2.29 bits per heavy atom. The van der Waals surface area contributed by atoms with E-state index in [9.17, 15) is 9.90 Å². The number of carbonyl (C=O) groups is 1. The monoisotopic (exact) mass is 297 g/mol. The van der Waals surface area contributed by atoms with Crippen LogP contribution in [0.1, 0.15) is 30.9 Å². The average Bonchev–Trinajstić information content (AvgIpc) is 2.33. The maximum absolute atomic E-state index is 11.4. The van der Waals surface area contributed by atoms with Crippen LogP contribution in [-0.2, 0) is 4.79 Å². The van der Waals surface area contributed by atoms with E-state index >= 15 is 0 Å². The SMILES string of the molecule is O=C(O)[C@@H](c1ccc(Br)cc1)N1CCCCC1. The summed E-state index contributed by atoms with van der Waals surface area (Å²) >= 11 is 3.37. The fraction of sp³-hybridized carbons (Fsp3) is 0.462. The fourth-order valence-corrected chi connectivity index (χ4v) is 2.60. The Hall–Kier alpha value is -0.870. The summed E-state index contributed by atoms with van der Waals surface area (Å²) in [4.78, 5) is 13.5. The van der Waals surface area contributed by atoms with Crippen LogP contribution in [0.4, 0.5) is 0 Å². The van der Waals surface area contributed by atoms with E-state index in [1.807, 2.05) is 24.3 Å². The van der Waals surface area contributed by atoms with Gasteiger partial charge in [-0.1, -0.05) is 34.5 Å². The second kappa shape index (κ2) is 5.65. The number of rotatable bonds is 3. The van der Waals surface area contributed by atoms with Gasteiger partial charge in [0, 0.05) is 4.47 Å². The maximum atomic E-state index is 11.4. The van der Waals surface area contributed by atoms with Crippen molar-refractivity contribution < 1.29 is 9.90 Å². The van der Waals surface area contributed by atoms with Crippen molar-refractivity contribution in [3.63, 3.8) is 0 Å². The first kappa shape index (κ1) is 12.6. The molecule has 1 saturated heterocycles. The predicted molar refractivity (Wildman–Crippen MR) is 69.9 cm³/mol. The van der Waals surface area contributed by atoms with Gasteiger partial charge in [0.15, 0.2) is 0 Å². The van der Waals surface area contributed by atoms with Gasteiger partial charge >= 0.3 is 5.97 Å². The van der Waals surface area contributed by atoms with Gasteiger partial charge in [-0.05, 0) is 43.6 Å². The molecule has 0 aliphatic carbocycles.